The first-order valence-corrected chi connectivity index (χ1v) is 8.80. The lowest BCUT2D eigenvalue weighted by Crippen LogP contribution is -2.11. The standard InChI is InChI=1S/C19H19NO3S/c1-3-12-24-14-6-4-13(5-7-14)18(21)17-9-8-16-15(19(22)23-2)10-11-20(16)17/h3-9,15H,1,10-12H2,2H3. The molecule has 2 heterocycles. The average molecular weight is 341 g/mol. The highest BCUT2D eigenvalue weighted by atomic mass is 32.2. The van der Waals surface area contributed by atoms with Crippen LogP contribution in [0.4, 0.5) is 0 Å². The number of thioether (sulfide) groups is 1. The summed E-state index contributed by atoms with van der Waals surface area (Å²) in [7, 11) is 1.39. The van der Waals surface area contributed by atoms with Crippen molar-refractivity contribution in [1.29, 1.82) is 0 Å². The zero-order valence-electron chi connectivity index (χ0n) is 13.5. The lowest BCUT2D eigenvalue weighted by Gasteiger charge is -2.07. The number of hydrogen-bond donors (Lipinski definition) is 0. The van der Waals surface area contributed by atoms with Crippen molar-refractivity contribution in [2.75, 3.05) is 12.9 Å². The summed E-state index contributed by atoms with van der Waals surface area (Å²) >= 11 is 1.68. The van der Waals surface area contributed by atoms with Crippen molar-refractivity contribution in [3.05, 3.63) is 66.0 Å². The Balaban J connectivity index is 1.82. The number of esters is 1. The summed E-state index contributed by atoms with van der Waals surface area (Å²) < 4.78 is 6.78. The van der Waals surface area contributed by atoms with E-state index in [9.17, 15) is 9.59 Å². The van der Waals surface area contributed by atoms with Crippen molar-refractivity contribution in [3.8, 4) is 0 Å². The predicted molar refractivity (Wildman–Crippen MR) is 94.6 cm³/mol. The van der Waals surface area contributed by atoms with Gasteiger partial charge in [-0.15, -0.1) is 18.3 Å². The Labute approximate surface area is 145 Å². The number of hydrogen-bond acceptors (Lipinski definition) is 4. The molecule has 4 nitrogen and oxygen atoms in total. The highest BCUT2D eigenvalue weighted by molar-refractivity contribution is 7.99. The number of benzene rings is 1. The number of carbonyl (C=O) groups excluding carboxylic acids is 2. The predicted octanol–water partition coefficient (Wildman–Crippen LogP) is 3.66. The van der Waals surface area contributed by atoms with E-state index in [2.05, 4.69) is 6.58 Å². The van der Waals surface area contributed by atoms with Crippen LogP contribution in [0.5, 0.6) is 0 Å². The van der Waals surface area contributed by atoms with E-state index in [1.54, 1.807) is 17.8 Å². The third-order valence-electron chi connectivity index (χ3n) is 4.22. The molecule has 1 aromatic carbocycles. The van der Waals surface area contributed by atoms with Crippen molar-refractivity contribution in [2.24, 2.45) is 0 Å². The molecule has 1 unspecified atom stereocenters. The monoisotopic (exact) mass is 341 g/mol. The highest BCUT2D eigenvalue weighted by Crippen LogP contribution is 2.32. The van der Waals surface area contributed by atoms with Crippen molar-refractivity contribution >= 4 is 23.5 Å². The summed E-state index contributed by atoms with van der Waals surface area (Å²) in [4.78, 5) is 25.7. The summed E-state index contributed by atoms with van der Waals surface area (Å²) in [6.45, 7) is 4.37. The van der Waals surface area contributed by atoms with Crippen LogP contribution in [0, 0.1) is 0 Å². The fraction of sp³-hybridized carbons (Fsp3) is 0.263. The van der Waals surface area contributed by atoms with Gasteiger partial charge >= 0.3 is 5.97 Å². The number of methoxy groups -OCH3 is 1. The Hall–Kier alpha value is -2.27. The fourth-order valence-corrected chi connectivity index (χ4v) is 3.67. The van der Waals surface area contributed by atoms with E-state index in [0.717, 1.165) is 16.3 Å². The summed E-state index contributed by atoms with van der Waals surface area (Å²) in [5, 5.41) is 0. The molecule has 24 heavy (non-hydrogen) atoms. The van der Waals surface area contributed by atoms with Crippen LogP contribution in [0.25, 0.3) is 0 Å². The van der Waals surface area contributed by atoms with Gasteiger partial charge < -0.3 is 9.30 Å². The van der Waals surface area contributed by atoms with E-state index < -0.39 is 0 Å². The number of carbonyl (C=O) groups is 2. The Morgan fingerprint density at radius 2 is 2.04 bits per heavy atom. The third kappa shape index (κ3) is 3.04. The van der Waals surface area contributed by atoms with Gasteiger partial charge in [0.15, 0.2) is 0 Å². The molecule has 3 rings (SSSR count). The van der Waals surface area contributed by atoms with E-state index in [1.807, 2.05) is 41.0 Å². The molecule has 0 radical (unpaired) electrons. The second-order valence-electron chi connectivity index (χ2n) is 5.61. The molecule has 1 aliphatic rings. The van der Waals surface area contributed by atoms with Crippen LogP contribution in [0.1, 0.15) is 34.1 Å². The minimum absolute atomic E-state index is 0.0213. The van der Waals surface area contributed by atoms with Crippen molar-refractivity contribution in [1.82, 2.24) is 4.57 Å². The molecule has 0 saturated carbocycles. The van der Waals surface area contributed by atoms with Crippen LogP contribution in [-0.2, 0) is 16.1 Å². The second-order valence-corrected chi connectivity index (χ2v) is 6.71. The molecule has 0 bridgehead atoms. The van der Waals surface area contributed by atoms with E-state index in [0.29, 0.717) is 24.2 Å². The molecule has 0 saturated heterocycles. The summed E-state index contributed by atoms with van der Waals surface area (Å²) in [6, 6.07) is 11.3. The fourth-order valence-electron chi connectivity index (χ4n) is 3.03. The van der Waals surface area contributed by atoms with E-state index >= 15 is 0 Å². The minimum atomic E-state index is -0.269. The molecule has 1 aromatic heterocycles. The summed E-state index contributed by atoms with van der Waals surface area (Å²) in [5.74, 6) is 0.310. The van der Waals surface area contributed by atoms with Gasteiger partial charge in [0.25, 0.3) is 0 Å². The van der Waals surface area contributed by atoms with Crippen LogP contribution in [-0.4, -0.2) is 29.2 Å². The van der Waals surface area contributed by atoms with Gasteiger partial charge in [0.05, 0.1) is 18.7 Å². The number of ether oxygens (including phenoxy) is 1. The number of aromatic nitrogens is 1. The maximum absolute atomic E-state index is 12.8. The molecular formula is C19H19NO3S. The molecule has 0 fully saturated rings. The van der Waals surface area contributed by atoms with Crippen molar-refractivity contribution in [3.63, 3.8) is 0 Å². The van der Waals surface area contributed by atoms with Crippen molar-refractivity contribution < 1.29 is 14.3 Å². The SMILES string of the molecule is C=CCSc1ccc(C(=O)c2ccc3n2CCC3C(=O)OC)cc1. The van der Waals surface area contributed by atoms with Crippen LogP contribution in [0.15, 0.2) is 53.9 Å². The Morgan fingerprint density at radius 1 is 1.29 bits per heavy atom. The normalized spacial score (nSPS) is 15.8. The van der Waals surface area contributed by atoms with Crippen molar-refractivity contribution in [2.45, 2.75) is 23.8 Å². The topological polar surface area (TPSA) is 48.3 Å². The molecule has 2 aromatic rings. The molecule has 1 aliphatic heterocycles. The van der Waals surface area contributed by atoms with Gasteiger partial charge in [-0.1, -0.05) is 6.08 Å². The molecule has 0 N–H and O–H groups in total. The molecule has 0 aliphatic carbocycles. The lowest BCUT2D eigenvalue weighted by atomic mass is 10.1. The first kappa shape index (κ1) is 16.6. The van der Waals surface area contributed by atoms with Gasteiger partial charge in [-0.05, 0) is 42.8 Å². The molecule has 0 amide bonds. The zero-order valence-corrected chi connectivity index (χ0v) is 14.3. The minimum Gasteiger partial charge on any atom is -0.469 e. The molecular weight excluding hydrogens is 322 g/mol. The summed E-state index contributed by atoms with van der Waals surface area (Å²) in [6.07, 6.45) is 2.53. The molecule has 5 heteroatoms. The van der Waals surface area contributed by atoms with Gasteiger partial charge in [0, 0.05) is 28.5 Å². The van der Waals surface area contributed by atoms with Gasteiger partial charge in [-0.25, -0.2) is 0 Å². The van der Waals surface area contributed by atoms with E-state index in [1.165, 1.54) is 7.11 Å². The Morgan fingerprint density at radius 3 is 2.71 bits per heavy atom. The second kappa shape index (κ2) is 7.09. The van der Waals surface area contributed by atoms with E-state index in [-0.39, 0.29) is 17.7 Å². The van der Waals surface area contributed by atoms with Gasteiger partial charge in [0.1, 0.15) is 0 Å². The number of nitrogens with zero attached hydrogens (tertiary/aromatic N) is 1. The number of ketones is 1. The first-order valence-electron chi connectivity index (χ1n) is 7.81. The highest BCUT2D eigenvalue weighted by Gasteiger charge is 2.32. The maximum Gasteiger partial charge on any atom is 0.314 e. The molecule has 1 atom stereocenters. The summed E-state index contributed by atoms with van der Waals surface area (Å²) in [5.41, 5.74) is 2.15. The molecule has 124 valence electrons. The Kier molecular flexibility index (Phi) is 4.90. The van der Waals surface area contributed by atoms with Crippen LogP contribution in [0.3, 0.4) is 0 Å². The number of rotatable bonds is 6. The van der Waals surface area contributed by atoms with E-state index in [4.69, 9.17) is 4.74 Å². The maximum atomic E-state index is 12.8. The van der Waals surface area contributed by atoms with Crippen LogP contribution in [0.2, 0.25) is 0 Å². The van der Waals surface area contributed by atoms with Crippen LogP contribution < -0.4 is 0 Å². The van der Waals surface area contributed by atoms with Gasteiger partial charge in [0.2, 0.25) is 5.78 Å². The quantitative estimate of drug-likeness (QED) is 0.348. The lowest BCUT2D eigenvalue weighted by molar-refractivity contribution is -0.142. The smallest absolute Gasteiger partial charge is 0.314 e. The average Bonchev–Trinajstić information content (AvgIpc) is 3.21. The third-order valence-corrected chi connectivity index (χ3v) is 5.22. The van der Waals surface area contributed by atoms with Gasteiger partial charge in [-0.3, -0.25) is 9.59 Å². The van der Waals surface area contributed by atoms with Crippen LogP contribution >= 0.6 is 11.8 Å². The Bertz CT molecular complexity index is 776. The largest absolute Gasteiger partial charge is 0.469 e. The molecule has 0 spiro atoms. The first-order chi connectivity index (χ1) is 11.7. The number of fused-ring (bicyclic) bond motifs is 1. The zero-order chi connectivity index (χ0) is 17.1. The van der Waals surface area contributed by atoms with Gasteiger partial charge in [-0.2, -0.15) is 0 Å².